The quantitative estimate of drug-likeness (QED) is 0.724. The number of ether oxygens (including phenoxy) is 1. The van der Waals surface area contributed by atoms with Crippen molar-refractivity contribution >= 4 is 11.0 Å². The lowest BCUT2D eigenvalue weighted by Crippen LogP contribution is -2.17. The molecule has 0 unspecified atom stereocenters. The van der Waals surface area contributed by atoms with Crippen molar-refractivity contribution in [2.45, 2.75) is 6.18 Å². The van der Waals surface area contributed by atoms with Gasteiger partial charge in [-0.1, -0.05) is 12.1 Å². The number of halogens is 3. The molecule has 0 N–H and O–H groups in total. The van der Waals surface area contributed by atoms with Gasteiger partial charge in [0.1, 0.15) is 5.56 Å². The van der Waals surface area contributed by atoms with Gasteiger partial charge in [0.2, 0.25) is 0 Å². The minimum absolute atomic E-state index is 0.00741. The van der Waals surface area contributed by atoms with Gasteiger partial charge in [0.15, 0.2) is 11.3 Å². The van der Waals surface area contributed by atoms with E-state index in [1.54, 1.807) is 0 Å². The third-order valence-corrected chi connectivity index (χ3v) is 2.25. The molecule has 3 nitrogen and oxygen atoms in total. The number of methoxy groups -OCH3 is 1. The molecule has 2 rings (SSSR count). The lowest BCUT2D eigenvalue weighted by atomic mass is 10.1. The first-order valence-electron chi connectivity index (χ1n) is 4.61. The van der Waals surface area contributed by atoms with Crippen molar-refractivity contribution in [2.75, 3.05) is 7.11 Å². The van der Waals surface area contributed by atoms with E-state index in [1.807, 2.05) is 0 Å². The first-order chi connectivity index (χ1) is 7.93. The van der Waals surface area contributed by atoms with Gasteiger partial charge in [0, 0.05) is 5.39 Å². The van der Waals surface area contributed by atoms with Crippen LogP contribution >= 0.6 is 0 Å². The van der Waals surface area contributed by atoms with Crippen molar-refractivity contribution in [1.29, 1.82) is 0 Å². The molecule has 0 saturated carbocycles. The molecule has 0 radical (unpaired) electrons. The highest BCUT2D eigenvalue weighted by atomic mass is 19.4. The predicted molar refractivity (Wildman–Crippen MR) is 54.0 cm³/mol. The molecule has 1 heterocycles. The zero-order chi connectivity index (χ0) is 12.6. The number of hydrogen-bond acceptors (Lipinski definition) is 3. The summed E-state index contributed by atoms with van der Waals surface area (Å²) in [7, 11) is 1.34. The Morgan fingerprint density at radius 1 is 1.29 bits per heavy atom. The molecule has 90 valence electrons. The summed E-state index contributed by atoms with van der Waals surface area (Å²) in [6.45, 7) is 0. The van der Waals surface area contributed by atoms with Gasteiger partial charge < -0.3 is 9.15 Å². The van der Waals surface area contributed by atoms with Crippen LogP contribution in [0.2, 0.25) is 0 Å². The maximum atomic E-state index is 12.5. The fraction of sp³-hybridized carbons (Fsp3) is 0.182. The van der Waals surface area contributed by atoms with Gasteiger partial charge in [-0.15, -0.1) is 0 Å². The lowest BCUT2D eigenvalue weighted by Gasteiger charge is -2.07. The van der Waals surface area contributed by atoms with Crippen LogP contribution in [0.4, 0.5) is 13.2 Å². The van der Waals surface area contributed by atoms with Crippen LogP contribution in [0.5, 0.6) is 5.75 Å². The standard InChI is InChI=1S/C11H7F3O3/c1-16-8-4-2-3-6-5-7(11(12,13)14)10(15)17-9(6)8/h2-5H,1H3. The van der Waals surface area contributed by atoms with E-state index in [0.29, 0.717) is 0 Å². The molecule has 0 aliphatic carbocycles. The van der Waals surface area contributed by atoms with Crippen molar-refractivity contribution in [3.05, 3.63) is 40.2 Å². The van der Waals surface area contributed by atoms with Crippen LogP contribution in [0.15, 0.2) is 33.5 Å². The van der Waals surface area contributed by atoms with Crippen LogP contribution in [-0.2, 0) is 6.18 Å². The Morgan fingerprint density at radius 2 is 2.00 bits per heavy atom. The van der Waals surface area contributed by atoms with E-state index in [-0.39, 0.29) is 16.7 Å². The Bertz CT molecular complexity index is 613. The van der Waals surface area contributed by atoms with Gasteiger partial charge in [-0.2, -0.15) is 13.2 Å². The monoisotopic (exact) mass is 244 g/mol. The summed E-state index contributed by atoms with van der Waals surface area (Å²) >= 11 is 0. The van der Waals surface area contributed by atoms with E-state index in [1.165, 1.54) is 25.3 Å². The number of benzene rings is 1. The van der Waals surface area contributed by atoms with Crippen LogP contribution < -0.4 is 10.4 Å². The summed E-state index contributed by atoms with van der Waals surface area (Å²) < 4.78 is 46.9. The van der Waals surface area contributed by atoms with E-state index in [2.05, 4.69) is 4.42 Å². The van der Waals surface area contributed by atoms with Gasteiger partial charge >= 0.3 is 11.8 Å². The van der Waals surface area contributed by atoms with Crippen molar-refractivity contribution in [3.63, 3.8) is 0 Å². The van der Waals surface area contributed by atoms with Gasteiger partial charge in [-0.25, -0.2) is 4.79 Å². The number of para-hydroxylation sites is 1. The second-order valence-electron chi connectivity index (χ2n) is 3.32. The Balaban J connectivity index is 2.80. The van der Waals surface area contributed by atoms with E-state index >= 15 is 0 Å². The van der Waals surface area contributed by atoms with E-state index in [4.69, 9.17) is 4.74 Å². The van der Waals surface area contributed by atoms with Crippen LogP contribution in [0.1, 0.15) is 5.56 Å². The Kier molecular flexibility index (Phi) is 2.57. The molecule has 6 heteroatoms. The molecular formula is C11H7F3O3. The highest BCUT2D eigenvalue weighted by Crippen LogP contribution is 2.31. The molecule has 0 aliphatic heterocycles. The molecule has 0 amide bonds. The Labute approximate surface area is 93.4 Å². The minimum atomic E-state index is -4.72. The summed E-state index contributed by atoms with van der Waals surface area (Å²) in [5.74, 6) is 0.216. The third-order valence-electron chi connectivity index (χ3n) is 2.25. The van der Waals surface area contributed by atoms with Crippen LogP contribution in [-0.4, -0.2) is 7.11 Å². The van der Waals surface area contributed by atoms with Crippen molar-refractivity contribution < 1.29 is 22.3 Å². The highest BCUT2D eigenvalue weighted by Gasteiger charge is 2.35. The largest absolute Gasteiger partial charge is 0.493 e. The number of hydrogen-bond donors (Lipinski definition) is 0. The summed E-state index contributed by atoms with van der Waals surface area (Å²) in [6.07, 6.45) is -4.72. The van der Waals surface area contributed by atoms with Crippen LogP contribution in [0.25, 0.3) is 11.0 Å². The summed E-state index contributed by atoms with van der Waals surface area (Å²) in [5.41, 5.74) is -2.74. The number of alkyl halides is 3. The predicted octanol–water partition coefficient (Wildman–Crippen LogP) is 2.82. The number of fused-ring (bicyclic) bond motifs is 1. The van der Waals surface area contributed by atoms with Crippen LogP contribution in [0, 0.1) is 0 Å². The topological polar surface area (TPSA) is 39.4 Å². The smallest absolute Gasteiger partial charge is 0.423 e. The molecule has 1 aromatic carbocycles. The second kappa shape index (κ2) is 3.80. The fourth-order valence-electron chi connectivity index (χ4n) is 1.48. The molecule has 0 fully saturated rings. The van der Waals surface area contributed by atoms with Crippen LogP contribution in [0.3, 0.4) is 0 Å². The molecule has 0 atom stereocenters. The Hall–Kier alpha value is -1.98. The van der Waals surface area contributed by atoms with Gasteiger partial charge in [0.05, 0.1) is 7.11 Å². The average molecular weight is 244 g/mol. The van der Waals surface area contributed by atoms with E-state index < -0.39 is 17.4 Å². The molecular weight excluding hydrogens is 237 g/mol. The minimum Gasteiger partial charge on any atom is -0.493 e. The number of rotatable bonds is 1. The second-order valence-corrected chi connectivity index (χ2v) is 3.32. The zero-order valence-electron chi connectivity index (χ0n) is 8.67. The molecule has 1 aromatic heterocycles. The third kappa shape index (κ3) is 1.98. The van der Waals surface area contributed by atoms with Gasteiger partial charge in [0.25, 0.3) is 0 Å². The first kappa shape index (κ1) is 11.5. The Morgan fingerprint density at radius 3 is 2.59 bits per heavy atom. The van der Waals surface area contributed by atoms with Gasteiger partial charge in [-0.05, 0) is 12.1 Å². The molecule has 17 heavy (non-hydrogen) atoms. The van der Waals surface area contributed by atoms with E-state index in [9.17, 15) is 18.0 Å². The van der Waals surface area contributed by atoms with Crippen molar-refractivity contribution in [1.82, 2.24) is 0 Å². The lowest BCUT2D eigenvalue weighted by molar-refractivity contribution is -0.139. The molecule has 0 aliphatic rings. The van der Waals surface area contributed by atoms with Gasteiger partial charge in [-0.3, -0.25) is 0 Å². The fourth-order valence-corrected chi connectivity index (χ4v) is 1.48. The average Bonchev–Trinajstić information content (AvgIpc) is 2.26. The normalized spacial score (nSPS) is 11.8. The summed E-state index contributed by atoms with van der Waals surface area (Å²) in [6, 6.07) is 5.18. The molecule has 2 aromatic rings. The first-order valence-corrected chi connectivity index (χ1v) is 4.61. The molecule has 0 saturated heterocycles. The van der Waals surface area contributed by atoms with Crippen molar-refractivity contribution in [3.8, 4) is 5.75 Å². The SMILES string of the molecule is COc1cccc2cc(C(F)(F)F)c(=O)oc12. The van der Waals surface area contributed by atoms with Crippen molar-refractivity contribution in [2.24, 2.45) is 0 Å². The summed E-state index contributed by atoms with van der Waals surface area (Å²) in [4.78, 5) is 11.2. The van der Waals surface area contributed by atoms with E-state index in [0.717, 1.165) is 6.07 Å². The maximum Gasteiger partial charge on any atom is 0.423 e. The summed E-state index contributed by atoms with van der Waals surface area (Å²) in [5, 5.41) is 0.163. The maximum absolute atomic E-state index is 12.5. The molecule has 0 bridgehead atoms. The molecule has 0 spiro atoms. The zero-order valence-corrected chi connectivity index (χ0v) is 8.67. The highest BCUT2D eigenvalue weighted by molar-refractivity contribution is 5.82.